The summed E-state index contributed by atoms with van der Waals surface area (Å²) in [6, 6.07) is 4.41. The van der Waals surface area contributed by atoms with Crippen molar-refractivity contribution in [3.63, 3.8) is 0 Å². The summed E-state index contributed by atoms with van der Waals surface area (Å²) in [7, 11) is -1.63. The quantitative estimate of drug-likeness (QED) is 0.605. The van der Waals surface area contributed by atoms with E-state index in [2.05, 4.69) is 5.32 Å². The fraction of sp³-hybridized carbons (Fsp3) is 0.125. The summed E-state index contributed by atoms with van der Waals surface area (Å²) in [4.78, 5) is 10.8. The molecule has 1 rings (SSSR count). The van der Waals surface area contributed by atoms with E-state index >= 15 is 0 Å². The van der Waals surface area contributed by atoms with Crippen LogP contribution in [0.1, 0.15) is 6.92 Å². The summed E-state index contributed by atoms with van der Waals surface area (Å²) >= 11 is 5.69. The zero-order valence-electron chi connectivity index (χ0n) is 7.49. The number of hydrogen-bond acceptors (Lipinski definition) is 3. The predicted octanol–water partition coefficient (Wildman–Crippen LogP) is -0.0218. The molecule has 0 heterocycles. The zero-order chi connectivity index (χ0) is 10.7. The number of carbonyl (C=O) groups excluding carboxylic acids is 1. The smallest absolute Gasteiger partial charge is 0.423 e. The van der Waals surface area contributed by atoms with Gasteiger partial charge < -0.3 is 15.4 Å². The van der Waals surface area contributed by atoms with Gasteiger partial charge in [-0.1, -0.05) is 17.7 Å². The number of benzene rings is 1. The van der Waals surface area contributed by atoms with Crippen LogP contribution in [-0.2, 0) is 4.79 Å². The molecule has 0 aliphatic heterocycles. The lowest BCUT2D eigenvalue weighted by Gasteiger charge is -2.09. The fourth-order valence-corrected chi connectivity index (χ4v) is 1.22. The highest BCUT2D eigenvalue weighted by Crippen LogP contribution is 2.13. The molecule has 0 atom stereocenters. The molecule has 4 nitrogen and oxygen atoms in total. The SMILES string of the molecule is CC(=O)Nc1cc(Cl)ccc1B(O)O. The fourth-order valence-electron chi connectivity index (χ4n) is 1.05. The van der Waals surface area contributed by atoms with Crippen molar-refractivity contribution in [3.8, 4) is 0 Å². The summed E-state index contributed by atoms with van der Waals surface area (Å²) in [6.45, 7) is 1.33. The van der Waals surface area contributed by atoms with Crippen molar-refractivity contribution >= 4 is 35.8 Å². The highest BCUT2D eigenvalue weighted by molar-refractivity contribution is 6.60. The Hall–Kier alpha value is -1.04. The van der Waals surface area contributed by atoms with E-state index in [1.165, 1.54) is 25.1 Å². The number of nitrogens with one attached hydrogen (secondary N) is 1. The van der Waals surface area contributed by atoms with Crippen molar-refractivity contribution in [1.29, 1.82) is 0 Å². The molecule has 0 aromatic heterocycles. The van der Waals surface area contributed by atoms with Crippen LogP contribution in [0, 0.1) is 0 Å². The van der Waals surface area contributed by atoms with Gasteiger partial charge in [-0.05, 0) is 12.1 Å². The van der Waals surface area contributed by atoms with Crippen LogP contribution in [0.15, 0.2) is 18.2 Å². The first kappa shape index (κ1) is 11.0. The zero-order valence-corrected chi connectivity index (χ0v) is 8.25. The van der Waals surface area contributed by atoms with Crippen LogP contribution in [0.5, 0.6) is 0 Å². The minimum Gasteiger partial charge on any atom is -0.423 e. The van der Waals surface area contributed by atoms with Crippen molar-refractivity contribution in [3.05, 3.63) is 23.2 Å². The number of hydrogen-bond donors (Lipinski definition) is 3. The van der Waals surface area contributed by atoms with Gasteiger partial charge in [0.05, 0.1) is 0 Å². The third kappa shape index (κ3) is 2.73. The van der Waals surface area contributed by atoms with Gasteiger partial charge in [-0.25, -0.2) is 0 Å². The van der Waals surface area contributed by atoms with Crippen LogP contribution in [0.25, 0.3) is 0 Å². The highest BCUT2D eigenvalue weighted by Gasteiger charge is 2.16. The summed E-state index contributed by atoms with van der Waals surface area (Å²) in [5, 5.41) is 20.8. The van der Waals surface area contributed by atoms with Crippen LogP contribution < -0.4 is 10.8 Å². The van der Waals surface area contributed by atoms with E-state index in [9.17, 15) is 4.79 Å². The topological polar surface area (TPSA) is 69.6 Å². The number of rotatable bonds is 2. The van der Waals surface area contributed by atoms with Crippen molar-refractivity contribution in [2.75, 3.05) is 5.32 Å². The normalized spacial score (nSPS) is 9.71. The van der Waals surface area contributed by atoms with E-state index in [1.54, 1.807) is 0 Å². The first-order valence-corrected chi connectivity index (χ1v) is 4.31. The van der Waals surface area contributed by atoms with Crippen LogP contribution in [-0.4, -0.2) is 23.1 Å². The van der Waals surface area contributed by atoms with E-state index in [4.69, 9.17) is 21.6 Å². The van der Waals surface area contributed by atoms with Crippen molar-refractivity contribution < 1.29 is 14.8 Å². The van der Waals surface area contributed by atoms with Crippen molar-refractivity contribution in [1.82, 2.24) is 0 Å². The largest absolute Gasteiger partial charge is 0.490 e. The van der Waals surface area contributed by atoms with Crippen LogP contribution in [0.4, 0.5) is 5.69 Å². The van der Waals surface area contributed by atoms with E-state index in [1.807, 2.05) is 0 Å². The van der Waals surface area contributed by atoms with Gasteiger partial charge in [0.25, 0.3) is 0 Å². The second kappa shape index (κ2) is 4.46. The second-order valence-corrected chi connectivity index (χ2v) is 3.22. The van der Waals surface area contributed by atoms with Crippen LogP contribution in [0.3, 0.4) is 0 Å². The molecule has 1 aromatic carbocycles. The molecular formula is C8H9BClNO3. The van der Waals surface area contributed by atoms with Gasteiger partial charge in [0, 0.05) is 23.1 Å². The Bertz CT molecular complexity index is 356. The third-order valence-electron chi connectivity index (χ3n) is 1.60. The average molecular weight is 213 g/mol. The van der Waals surface area contributed by atoms with Gasteiger partial charge in [0.1, 0.15) is 0 Å². The minimum atomic E-state index is -1.63. The maximum Gasteiger partial charge on any atom is 0.490 e. The molecule has 0 spiro atoms. The number of halogens is 1. The molecule has 0 aliphatic carbocycles. The molecule has 74 valence electrons. The Morgan fingerprint density at radius 2 is 2.14 bits per heavy atom. The average Bonchev–Trinajstić information content (AvgIpc) is 2.01. The van der Waals surface area contributed by atoms with Gasteiger partial charge in [0.2, 0.25) is 5.91 Å². The molecule has 3 N–H and O–H groups in total. The maximum absolute atomic E-state index is 10.8. The lowest BCUT2D eigenvalue weighted by molar-refractivity contribution is -0.114. The molecule has 6 heteroatoms. The van der Waals surface area contributed by atoms with Gasteiger partial charge in [0.15, 0.2) is 0 Å². The Kier molecular flexibility index (Phi) is 3.52. The molecule has 0 fully saturated rings. The Balaban J connectivity index is 3.09. The maximum atomic E-state index is 10.8. The summed E-state index contributed by atoms with van der Waals surface area (Å²) in [6.07, 6.45) is 0. The number of carbonyl (C=O) groups is 1. The monoisotopic (exact) mass is 213 g/mol. The molecule has 1 amide bonds. The highest BCUT2D eigenvalue weighted by atomic mass is 35.5. The van der Waals surface area contributed by atoms with Crippen LogP contribution >= 0.6 is 11.6 Å². The Labute approximate surface area is 86.7 Å². The van der Waals surface area contributed by atoms with Gasteiger partial charge >= 0.3 is 7.12 Å². The summed E-state index contributed by atoms with van der Waals surface area (Å²) in [5.41, 5.74) is 0.518. The lowest BCUT2D eigenvalue weighted by Crippen LogP contribution is -2.33. The van der Waals surface area contributed by atoms with Crippen molar-refractivity contribution in [2.24, 2.45) is 0 Å². The lowest BCUT2D eigenvalue weighted by atomic mass is 9.79. The molecule has 0 saturated carbocycles. The van der Waals surface area contributed by atoms with E-state index in [0.717, 1.165) is 0 Å². The Morgan fingerprint density at radius 3 is 2.64 bits per heavy atom. The first-order chi connectivity index (χ1) is 6.50. The predicted molar refractivity (Wildman–Crippen MR) is 55.6 cm³/mol. The molecule has 14 heavy (non-hydrogen) atoms. The van der Waals surface area contributed by atoms with E-state index in [-0.39, 0.29) is 11.4 Å². The summed E-state index contributed by atoms with van der Waals surface area (Å²) < 4.78 is 0. The second-order valence-electron chi connectivity index (χ2n) is 2.79. The van der Waals surface area contributed by atoms with Gasteiger partial charge in [-0.15, -0.1) is 0 Å². The first-order valence-electron chi connectivity index (χ1n) is 3.94. The molecular weight excluding hydrogens is 204 g/mol. The number of anilines is 1. The summed E-state index contributed by atoms with van der Waals surface area (Å²) in [5.74, 6) is -0.297. The van der Waals surface area contributed by atoms with Gasteiger partial charge in [-0.3, -0.25) is 4.79 Å². The van der Waals surface area contributed by atoms with E-state index < -0.39 is 7.12 Å². The standard InChI is InChI=1S/C8H9BClNO3/c1-5(12)11-8-4-6(10)2-3-7(8)9(13)14/h2-4,13-14H,1H3,(H,11,12). The van der Waals surface area contributed by atoms with Crippen molar-refractivity contribution in [2.45, 2.75) is 6.92 Å². The Morgan fingerprint density at radius 1 is 1.50 bits per heavy atom. The molecule has 0 unspecified atom stereocenters. The molecule has 0 radical (unpaired) electrons. The van der Waals surface area contributed by atoms with Gasteiger partial charge in [-0.2, -0.15) is 0 Å². The van der Waals surface area contributed by atoms with E-state index in [0.29, 0.717) is 10.7 Å². The molecule has 1 aromatic rings. The molecule has 0 aliphatic rings. The third-order valence-corrected chi connectivity index (χ3v) is 1.84. The number of amides is 1. The molecule has 0 bridgehead atoms. The minimum absolute atomic E-state index is 0.213. The molecule has 0 saturated heterocycles. The van der Waals surface area contributed by atoms with Crippen LogP contribution in [0.2, 0.25) is 5.02 Å².